The molecule has 0 N–H and O–H groups in total. The predicted molar refractivity (Wildman–Crippen MR) is 101 cm³/mol. The van der Waals surface area contributed by atoms with Crippen LogP contribution in [-0.4, -0.2) is 21.3 Å². The highest BCUT2D eigenvalue weighted by Crippen LogP contribution is 2.47. The molecule has 3 heteroatoms. The fourth-order valence-electron chi connectivity index (χ4n) is 3.07. The molecule has 0 bridgehead atoms. The molecular weight excluding hydrogens is 312 g/mol. The van der Waals surface area contributed by atoms with Crippen LogP contribution in [0.15, 0.2) is 66.7 Å². The van der Waals surface area contributed by atoms with Crippen molar-refractivity contribution in [2.75, 3.05) is 21.3 Å². The van der Waals surface area contributed by atoms with Crippen LogP contribution in [0.1, 0.15) is 11.1 Å². The molecule has 128 valence electrons. The van der Waals surface area contributed by atoms with E-state index in [1.807, 2.05) is 54.6 Å². The highest BCUT2D eigenvalue weighted by atomic mass is 16.5. The zero-order chi connectivity index (χ0) is 17.6. The maximum absolute atomic E-state index is 5.74. The highest BCUT2D eigenvalue weighted by Gasteiger charge is 2.21. The molecule has 0 spiro atoms. The second kappa shape index (κ2) is 7.75. The van der Waals surface area contributed by atoms with Gasteiger partial charge in [0.15, 0.2) is 11.5 Å². The van der Waals surface area contributed by atoms with Gasteiger partial charge in [-0.25, -0.2) is 0 Å². The number of hydrogen-bond donors (Lipinski definition) is 0. The molecule has 3 aromatic carbocycles. The molecule has 0 atom stereocenters. The lowest BCUT2D eigenvalue weighted by molar-refractivity contribution is 0.348. The lowest BCUT2D eigenvalue weighted by atomic mass is 9.96. The molecule has 0 saturated carbocycles. The third kappa shape index (κ3) is 3.45. The van der Waals surface area contributed by atoms with Crippen molar-refractivity contribution < 1.29 is 14.2 Å². The Kier molecular flexibility index (Phi) is 5.24. The minimum Gasteiger partial charge on any atom is -0.496 e. The summed E-state index contributed by atoms with van der Waals surface area (Å²) in [5.74, 6) is 2.21. The summed E-state index contributed by atoms with van der Waals surface area (Å²) < 4.78 is 17.1. The second-order valence-electron chi connectivity index (χ2n) is 5.71. The second-order valence-corrected chi connectivity index (χ2v) is 5.71. The van der Waals surface area contributed by atoms with Gasteiger partial charge in [-0.05, 0) is 17.2 Å². The van der Waals surface area contributed by atoms with Gasteiger partial charge in [-0.3, -0.25) is 0 Å². The first-order valence-electron chi connectivity index (χ1n) is 8.19. The van der Waals surface area contributed by atoms with Gasteiger partial charge >= 0.3 is 0 Å². The quantitative estimate of drug-likeness (QED) is 0.637. The van der Waals surface area contributed by atoms with Crippen LogP contribution in [-0.2, 0) is 6.42 Å². The van der Waals surface area contributed by atoms with Crippen LogP contribution in [0.3, 0.4) is 0 Å². The van der Waals surface area contributed by atoms with Gasteiger partial charge in [-0.15, -0.1) is 0 Å². The van der Waals surface area contributed by atoms with E-state index in [2.05, 4.69) is 12.1 Å². The van der Waals surface area contributed by atoms with E-state index in [4.69, 9.17) is 14.2 Å². The summed E-state index contributed by atoms with van der Waals surface area (Å²) in [5, 5.41) is 0. The summed E-state index contributed by atoms with van der Waals surface area (Å²) in [7, 11) is 5.02. The summed E-state index contributed by atoms with van der Waals surface area (Å²) in [6, 6.07) is 22.4. The molecule has 0 saturated heterocycles. The van der Waals surface area contributed by atoms with Crippen LogP contribution in [0, 0.1) is 0 Å². The Morgan fingerprint density at radius 3 is 1.84 bits per heavy atom. The van der Waals surface area contributed by atoms with Gasteiger partial charge in [0.2, 0.25) is 0 Å². The van der Waals surface area contributed by atoms with Crippen molar-refractivity contribution in [1.82, 2.24) is 0 Å². The molecule has 0 aliphatic heterocycles. The Bertz CT molecular complexity index is 827. The summed E-state index contributed by atoms with van der Waals surface area (Å²) >= 11 is 0. The normalized spacial score (nSPS) is 10.4. The van der Waals surface area contributed by atoms with Crippen molar-refractivity contribution in [3.63, 3.8) is 0 Å². The van der Waals surface area contributed by atoms with Crippen molar-refractivity contribution in [3.8, 4) is 28.4 Å². The standard InChI is InChI=1S/C22H22O3/c1-23-19-15-18(14-16-10-6-4-7-11-16)21(24-2)22(25-3)20(19)17-12-8-5-9-13-17/h4-13,15H,14H2,1-3H3. The number of methoxy groups -OCH3 is 3. The van der Waals surface area contributed by atoms with Crippen LogP contribution in [0.2, 0.25) is 0 Å². The number of benzene rings is 3. The predicted octanol–water partition coefficient (Wildman–Crippen LogP) is 4.97. The van der Waals surface area contributed by atoms with Crippen LogP contribution < -0.4 is 14.2 Å². The molecule has 0 aliphatic rings. The molecule has 0 heterocycles. The first-order valence-corrected chi connectivity index (χ1v) is 8.19. The molecule has 0 amide bonds. The van der Waals surface area contributed by atoms with E-state index in [9.17, 15) is 0 Å². The van der Waals surface area contributed by atoms with E-state index in [0.29, 0.717) is 5.75 Å². The number of ether oxygens (including phenoxy) is 3. The van der Waals surface area contributed by atoms with Crippen LogP contribution in [0.25, 0.3) is 11.1 Å². The fourth-order valence-corrected chi connectivity index (χ4v) is 3.07. The lowest BCUT2D eigenvalue weighted by Crippen LogP contribution is -2.02. The van der Waals surface area contributed by atoms with E-state index in [0.717, 1.165) is 34.6 Å². The monoisotopic (exact) mass is 334 g/mol. The Labute approximate surface area is 148 Å². The molecule has 3 aromatic rings. The van der Waals surface area contributed by atoms with Crippen molar-refractivity contribution in [2.45, 2.75) is 6.42 Å². The van der Waals surface area contributed by atoms with Gasteiger partial charge in [0, 0.05) is 12.0 Å². The molecule has 25 heavy (non-hydrogen) atoms. The maximum atomic E-state index is 5.74. The van der Waals surface area contributed by atoms with E-state index >= 15 is 0 Å². The molecule has 3 rings (SSSR count). The first-order chi connectivity index (χ1) is 12.3. The average Bonchev–Trinajstić information content (AvgIpc) is 2.68. The third-order valence-electron chi connectivity index (χ3n) is 4.20. The van der Waals surface area contributed by atoms with Gasteiger partial charge in [0.1, 0.15) is 5.75 Å². The molecular formula is C22H22O3. The van der Waals surface area contributed by atoms with E-state index in [1.165, 1.54) is 5.56 Å². The van der Waals surface area contributed by atoms with E-state index < -0.39 is 0 Å². The third-order valence-corrected chi connectivity index (χ3v) is 4.20. The van der Waals surface area contributed by atoms with Gasteiger partial charge in [0.25, 0.3) is 0 Å². The Morgan fingerprint density at radius 2 is 1.28 bits per heavy atom. The molecule has 0 unspecified atom stereocenters. The highest BCUT2D eigenvalue weighted by molar-refractivity contribution is 5.81. The SMILES string of the molecule is COc1cc(Cc2ccccc2)c(OC)c(OC)c1-c1ccccc1. The molecule has 0 aliphatic carbocycles. The summed E-state index contributed by atoms with van der Waals surface area (Å²) in [6.45, 7) is 0. The van der Waals surface area contributed by atoms with E-state index in [1.54, 1.807) is 21.3 Å². The number of hydrogen-bond acceptors (Lipinski definition) is 3. The van der Waals surface area contributed by atoms with Gasteiger partial charge in [-0.2, -0.15) is 0 Å². The minimum atomic E-state index is 0.694. The summed E-state index contributed by atoms with van der Waals surface area (Å²) in [6.07, 6.45) is 0.742. The largest absolute Gasteiger partial charge is 0.496 e. The first kappa shape index (κ1) is 16.9. The topological polar surface area (TPSA) is 27.7 Å². The zero-order valence-electron chi connectivity index (χ0n) is 14.8. The van der Waals surface area contributed by atoms with Crippen molar-refractivity contribution >= 4 is 0 Å². The summed E-state index contributed by atoms with van der Waals surface area (Å²) in [5.41, 5.74) is 4.17. The van der Waals surface area contributed by atoms with Crippen molar-refractivity contribution in [1.29, 1.82) is 0 Å². The van der Waals surface area contributed by atoms with Gasteiger partial charge < -0.3 is 14.2 Å². The minimum absolute atomic E-state index is 0.694. The van der Waals surface area contributed by atoms with Gasteiger partial charge in [0.05, 0.1) is 26.9 Å². The van der Waals surface area contributed by atoms with Crippen molar-refractivity contribution in [2.24, 2.45) is 0 Å². The van der Waals surface area contributed by atoms with E-state index in [-0.39, 0.29) is 0 Å². The zero-order valence-corrected chi connectivity index (χ0v) is 14.8. The average molecular weight is 334 g/mol. The molecule has 0 aromatic heterocycles. The smallest absolute Gasteiger partial charge is 0.172 e. The van der Waals surface area contributed by atoms with Crippen LogP contribution >= 0.6 is 0 Å². The van der Waals surface area contributed by atoms with Gasteiger partial charge in [-0.1, -0.05) is 60.7 Å². The van der Waals surface area contributed by atoms with Crippen molar-refractivity contribution in [3.05, 3.63) is 77.9 Å². The molecule has 3 nitrogen and oxygen atoms in total. The summed E-state index contributed by atoms with van der Waals surface area (Å²) in [4.78, 5) is 0. The molecule has 0 radical (unpaired) electrons. The maximum Gasteiger partial charge on any atom is 0.172 e. The number of rotatable bonds is 6. The Hall–Kier alpha value is -2.94. The Balaban J connectivity index is 2.18. The van der Waals surface area contributed by atoms with Crippen LogP contribution in [0.5, 0.6) is 17.2 Å². The fraction of sp³-hybridized carbons (Fsp3) is 0.182. The van der Waals surface area contributed by atoms with Crippen LogP contribution in [0.4, 0.5) is 0 Å². The lowest BCUT2D eigenvalue weighted by Gasteiger charge is -2.20. The Morgan fingerprint density at radius 1 is 0.680 bits per heavy atom. The molecule has 0 fully saturated rings.